The number of nitrogens with one attached hydrogen (secondary N) is 1. The predicted octanol–water partition coefficient (Wildman–Crippen LogP) is 1.59. The van der Waals surface area contributed by atoms with Crippen molar-refractivity contribution in [3.05, 3.63) is 30.4 Å². The van der Waals surface area contributed by atoms with Crippen LogP contribution in [0.25, 0.3) is 0 Å². The van der Waals surface area contributed by atoms with Gasteiger partial charge in [-0.1, -0.05) is 6.08 Å². The van der Waals surface area contributed by atoms with E-state index in [1.54, 1.807) is 6.08 Å². The van der Waals surface area contributed by atoms with E-state index in [0.29, 0.717) is 6.42 Å². The van der Waals surface area contributed by atoms with Crippen molar-refractivity contribution in [3.63, 3.8) is 0 Å². The van der Waals surface area contributed by atoms with Gasteiger partial charge in [0.25, 0.3) is 0 Å². The maximum Gasteiger partial charge on any atom is 0.220 e. The molecule has 1 aromatic heterocycles. The fourth-order valence-corrected chi connectivity index (χ4v) is 2.24. The summed E-state index contributed by atoms with van der Waals surface area (Å²) in [6, 6.07) is 0.244. The molecule has 2 heterocycles. The van der Waals surface area contributed by atoms with Crippen LogP contribution in [0, 0.1) is 6.92 Å². The molecule has 0 bridgehead atoms. The lowest BCUT2D eigenvalue weighted by Gasteiger charge is -2.24. The van der Waals surface area contributed by atoms with E-state index in [-0.39, 0.29) is 11.9 Å². The van der Waals surface area contributed by atoms with Crippen LogP contribution in [-0.2, 0) is 17.8 Å². The van der Waals surface area contributed by atoms with Crippen LogP contribution in [0.15, 0.2) is 18.9 Å². The fraction of sp³-hybridized carbons (Fsp3) is 0.538. The minimum atomic E-state index is 0.121. The minimum Gasteiger partial charge on any atom is -0.352 e. The summed E-state index contributed by atoms with van der Waals surface area (Å²) in [5.74, 6) is 1.26. The first-order valence-corrected chi connectivity index (χ1v) is 6.12. The highest BCUT2D eigenvalue weighted by atomic mass is 16.1. The van der Waals surface area contributed by atoms with E-state index in [9.17, 15) is 4.79 Å². The van der Waals surface area contributed by atoms with Crippen molar-refractivity contribution in [1.82, 2.24) is 14.9 Å². The Labute approximate surface area is 102 Å². The zero-order chi connectivity index (χ0) is 12.3. The molecule has 0 spiro atoms. The van der Waals surface area contributed by atoms with E-state index < -0.39 is 0 Å². The number of aromatic nitrogens is 2. The Kier molecular flexibility index (Phi) is 3.61. The molecule has 0 radical (unpaired) electrons. The molecule has 4 heteroatoms. The molecule has 1 amide bonds. The van der Waals surface area contributed by atoms with Gasteiger partial charge in [-0.2, -0.15) is 0 Å². The van der Waals surface area contributed by atoms with Gasteiger partial charge in [-0.05, 0) is 19.8 Å². The lowest BCUT2D eigenvalue weighted by molar-refractivity contribution is -0.121. The summed E-state index contributed by atoms with van der Waals surface area (Å²) in [7, 11) is 0. The van der Waals surface area contributed by atoms with Crippen molar-refractivity contribution >= 4 is 5.91 Å². The normalized spacial score (nSPS) is 18.5. The largest absolute Gasteiger partial charge is 0.352 e. The zero-order valence-electron chi connectivity index (χ0n) is 10.3. The molecule has 0 unspecified atom stereocenters. The Balaban J connectivity index is 1.89. The summed E-state index contributed by atoms with van der Waals surface area (Å²) in [6.45, 7) is 6.47. The fourth-order valence-electron chi connectivity index (χ4n) is 2.24. The first-order chi connectivity index (χ1) is 8.19. The highest BCUT2D eigenvalue weighted by molar-refractivity contribution is 5.76. The summed E-state index contributed by atoms with van der Waals surface area (Å²) in [6.07, 6.45) is 7.04. The minimum absolute atomic E-state index is 0.121. The summed E-state index contributed by atoms with van der Waals surface area (Å²) >= 11 is 0. The maximum absolute atomic E-state index is 11.6. The number of carbonyl (C=O) groups excluding carboxylic acids is 1. The molecule has 4 nitrogen and oxygen atoms in total. The smallest absolute Gasteiger partial charge is 0.220 e. The van der Waals surface area contributed by atoms with Crippen molar-refractivity contribution in [2.24, 2.45) is 0 Å². The number of hydrogen-bond donors (Lipinski definition) is 1. The van der Waals surface area contributed by atoms with E-state index in [1.165, 1.54) is 0 Å². The van der Waals surface area contributed by atoms with Gasteiger partial charge in [0, 0.05) is 31.6 Å². The van der Waals surface area contributed by atoms with Gasteiger partial charge in [0.2, 0.25) is 5.91 Å². The number of carbonyl (C=O) groups is 1. The predicted molar refractivity (Wildman–Crippen MR) is 66.6 cm³/mol. The molecule has 0 saturated carbocycles. The van der Waals surface area contributed by atoms with Crippen LogP contribution < -0.4 is 5.32 Å². The topological polar surface area (TPSA) is 46.9 Å². The molecular weight excluding hydrogens is 214 g/mol. The van der Waals surface area contributed by atoms with Gasteiger partial charge in [-0.3, -0.25) is 4.79 Å². The Morgan fingerprint density at radius 1 is 1.76 bits per heavy atom. The van der Waals surface area contributed by atoms with Crippen LogP contribution in [0.5, 0.6) is 0 Å². The van der Waals surface area contributed by atoms with Crippen molar-refractivity contribution < 1.29 is 4.79 Å². The second-order valence-electron chi connectivity index (χ2n) is 4.58. The Morgan fingerprint density at radius 3 is 3.35 bits per heavy atom. The van der Waals surface area contributed by atoms with E-state index in [1.807, 2.05) is 6.92 Å². The van der Waals surface area contributed by atoms with Gasteiger partial charge >= 0.3 is 0 Å². The summed E-state index contributed by atoms with van der Waals surface area (Å²) in [5.41, 5.74) is 1.05. The second-order valence-corrected chi connectivity index (χ2v) is 4.58. The third kappa shape index (κ3) is 2.96. The van der Waals surface area contributed by atoms with Gasteiger partial charge in [-0.15, -0.1) is 6.58 Å². The molecule has 1 N–H and O–H groups in total. The SMILES string of the molecule is C=CCCC(=O)N[C@@H]1CCc2nc(C)cn2C1. The van der Waals surface area contributed by atoms with Crippen molar-refractivity contribution in [2.45, 2.75) is 45.2 Å². The van der Waals surface area contributed by atoms with Crippen LogP contribution in [0.4, 0.5) is 0 Å². The monoisotopic (exact) mass is 233 g/mol. The molecule has 1 aliphatic heterocycles. The number of fused-ring (bicyclic) bond motifs is 1. The Bertz CT molecular complexity index is 422. The van der Waals surface area contributed by atoms with E-state index in [4.69, 9.17) is 0 Å². The van der Waals surface area contributed by atoms with Crippen molar-refractivity contribution in [3.8, 4) is 0 Å². The Morgan fingerprint density at radius 2 is 2.59 bits per heavy atom. The summed E-state index contributed by atoms with van der Waals surface area (Å²) in [5, 5.41) is 3.07. The number of amides is 1. The summed E-state index contributed by atoms with van der Waals surface area (Å²) < 4.78 is 2.15. The molecule has 0 aromatic carbocycles. The molecular formula is C13H19N3O. The number of rotatable bonds is 4. The molecule has 92 valence electrons. The second kappa shape index (κ2) is 5.17. The number of nitrogens with zero attached hydrogens (tertiary/aromatic N) is 2. The van der Waals surface area contributed by atoms with Crippen molar-refractivity contribution in [2.75, 3.05) is 0 Å². The van der Waals surface area contributed by atoms with Crippen LogP contribution in [0.2, 0.25) is 0 Å². The Hall–Kier alpha value is -1.58. The van der Waals surface area contributed by atoms with Gasteiger partial charge in [-0.25, -0.2) is 4.98 Å². The molecule has 2 rings (SSSR count). The average molecular weight is 233 g/mol. The molecule has 0 aliphatic carbocycles. The highest BCUT2D eigenvalue weighted by Gasteiger charge is 2.20. The van der Waals surface area contributed by atoms with Gasteiger partial charge in [0.15, 0.2) is 0 Å². The van der Waals surface area contributed by atoms with Gasteiger partial charge in [0.05, 0.1) is 5.69 Å². The third-order valence-electron chi connectivity index (χ3n) is 3.05. The summed E-state index contributed by atoms with van der Waals surface area (Å²) in [4.78, 5) is 16.1. The standard InChI is InChI=1S/C13H19N3O/c1-3-4-5-13(17)15-11-6-7-12-14-10(2)8-16(12)9-11/h3,8,11H,1,4-7,9H2,2H3,(H,15,17)/t11-/m1/s1. The third-order valence-corrected chi connectivity index (χ3v) is 3.05. The highest BCUT2D eigenvalue weighted by Crippen LogP contribution is 2.15. The van der Waals surface area contributed by atoms with E-state index in [0.717, 1.165) is 37.3 Å². The van der Waals surface area contributed by atoms with E-state index >= 15 is 0 Å². The van der Waals surface area contributed by atoms with E-state index in [2.05, 4.69) is 27.6 Å². The number of imidazole rings is 1. The zero-order valence-corrected chi connectivity index (χ0v) is 10.3. The maximum atomic E-state index is 11.6. The van der Waals surface area contributed by atoms with Crippen LogP contribution in [0.3, 0.4) is 0 Å². The molecule has 0 fully saturated rings. The molecule has 0 saturated heterocycles. The number of hydrogen-bond acceptors (Lipinski definition) is 2. The average Bonchev–Trinajstić information content (AvgIpc) is 2.65. The number of aryl methyl sites for hydroxylation is 2. The quantitative estimate of drug-likeness (QED) is 0.803. The van der Waals surface area contributed by atoms with Crippen molar-refractivity contribution in [1.29, 1.82) is 0 Å². The lowest BCUT2D eigenvalue weighted by Crippen LogP contribution is -2.40. The first kappa shape index (κ1) is 11.9. The molecule has 1 atom stereocenters. The van der Waals surface area contributed by atoms with Crippen LogP contribution >= 0.6 is 0 Å². The molecule has 1 aliphatic rings. The van der Waals surface area contributed by atoms with Crippen LogP contribution in [0.1, 0.15) is 30.8 Å². The van der Waals surface area contributed by atoms with Gasteiger partial charge < -0.3 is 9.88 Å². The van der Waals surface area contributed by atoms with Gasteiger partial charge in [0.1, 0.15) is 5.82 Å². The van der Waals surface area contributed by atoms with Crippen LogP contribution in [-0.4, -0.2) is 21.5 Å². The molecule has 17 heavy (non-hydrogen) atoms. The molecule has 1 aromatic rings. The lowest BCUT2D eigenvalue weighted by atomic mass is 10.1. The first-order valence-electron chi connectivity index (χ1n) is 6.12. The number of allylic oxidation sites excluding steroid dienone is 1.